The number of carbonyl (C=O) groups is 2. The molecule has 1 aromatic heterocycles. The molecule has 2 N–H and O–H groups in total. The van der Waals surface area contributed by atoms with E-state index in [1.54, 1.807) is 32.4 Å². The molecule has 3 rings (SSSR count). The van der Waals surface area contributed by atoms with Crippen molar-refractivity contribution in [1.29, 1.82) is 0 Å². The number of hydrogen-bond donors (Lipinski definition) is 2. The number of carbonyl (C=O) groups excluding carboxylic acids is 2. The molecule has 8 heteroatoms. The van der Waals surface area contributed by atoms with Gasteiger partial charge in [-0.05, 0) is 45.0 Å². The molecule has 3 aromatic rings. The first kappa shape index (κ1) is 20.7. The Morgan fingerprint density at radius 3 is 2.41 bits per heavy atom. The number of ether oxygens (including phenoxy) is 1. The van der Waals surface area contributed by atoms with E-state index in [4.69, 9.17) is 16.3 Å². The van der Waals surface area contributed by atoms with E-state index in [0.717, 1.165) is 17.0 Å². The summed E-state index contributed by atoms with van der Waals surface area (Å²) in [6, 6.07) is 11.0. The molecule has 152 valence electrons. The molecule has 0 aliphatic carbocycles. The lowest BCUT2D eigenvalue weighted by molar-refractivity contribution is 0.0635. The van der Waals surface area contributed by atoms with Crippen molar-refractivity contribution in [3.05, 3.63) is 59.0 Å². The number of anilines is 2. The number of benzene rings is 2. The van der Waals surface area contributed by atoms with Gasteiger partial charge in [0, 0.05) is 18.0 Å². The van der Waals surface area contributed by atoms with Gasteiger partial charge < -0.3 is 14.6 Å². The lowest BCUT2D eigenvalue weighted by Crippen LogP contribution is -2.27. The van der Waals surface area contributed by atoms with Crippen molar-refractivity contribution in [2.45, 2.75) is 26.4 Å². The fraction of sp³-hybridized carbons (Fsp3) is 0.238. The maximum Gasteiger partial charge on any atom is 0.412 e. The Morgan fingerprint density at radius 2 is 1.76 bits per heavy atom. The quantitative estimate of drug-likeness (QED) is 0.585. The summed E-state index contributed by atoms with van der Waals surface area (Å²) in [6.45, 7) is 5.17. The first-order chi connectivity index (χ1) is 13.6. The molecule has 1 heterocycles. The molecule has 0 spiro atoms. The van der Waals surface area contributed by atoms with E-state index in [0.29, 0.717) is 5.02 Å². The van der Waals surface area contributed by atoms with E-state index >= 15 is 0 Å². The van der Waals surface area contributed by atoms with E-state index in [2.05, 4.69) is 10.6 Å². The predicted molar refractivity (Wildman–Crippen MR) is 112 cm³/mol. The highest BCUT2D eigenvalue weighted by Crippen LogP contribution is 2.31. The Hall–Kier alpha value is -3.06. The molecule has 2 amide bonds. The van der Waals surface area contributed by atoms with Crippen molar-refractivity contribution in [2.24, 2.45) is 7.05 Å². The van der Waals surface area contributed by atoms with Crippen molar-refractivity contribution < 1.29 is 18.7 Å². The van der Waals surface area contributed by atoms with E-state index in [9.17, 15) is 14.0 Å². The second kappa shape index (κ2) is 7.75. The van der Waals surface area contributed by atoms with Gasteiger partial charge in [-0.25, -0.2) is 9.18 Å². The van der Waals surface area contributed by atoms with Crippen LogP contribution in [0.25, 0.3) is 10.9 Å². The minimum absolute atomic E-state index is 0.0854. The Balaban J connectivity index is 1.91. The molecule has 2 aromatic carbocycles. The Morgan fingerprint density at radius 1 is 1.07 bits per heavy atom. The van der Waals surface area contributed by atoms with Crippen LogP contribution in [-0.4, -0.2) is 22.2 Å². The summed E-state index contributed by atoms with van der Waals surface area (Å²) in [6.07, 6.45) is -0.720. The van der Waals surface area contributed by atoms with Gasteiger partial charge >= 0.3 is 6.09 Å². The van der Waals surface area contributed by atoms with E-state index in [1.807, 2.05) is 24.3 Å². The summed E-state index contributed by atoms with van der Waals surface area (Å²) < 4.78 is 20.7. The number of fused-ring (bicyclic) bond motifs is 1. The second-order valence-corrected chi connectivity index (χ2v) is 7.89. The van der Waals surface area contributed by atoms with Crippen molar-refractivity contribution in [3.63, 3.8) is 0 Å². The summed E-state index contributed by atoms with van der Waals surface area (Å²) in [7, 11) is 1.72. The van der Waals surface area contributed by atoms with Crippen molar-refractivity contribution >= 4 is 45.9 Å². The van der Waals surface area contributed by atoms with E-state index < -0.39 is 23.4 Å². The first-order valence-electron chi connectivity index (χ1n) is 8.90. The smallest absolute Gasteiger partial charge is 0.412 e. The number of nitrogens with one attached hydrogen (secondary N) is 2. The summed E-state index contributed by atoms with van der Waals surface area (Å²) in [5.41, 5.74) is 0.588. The fourth-order valence-electron chi connectivity index (χ4n) is 2.92. The summed E-state index contributed by atoms with van der Waals surface area (Å²) >= 11 is 6.41. The molecule has 0 aliphatic rings. The van der Waals surface area contributed by atoms with Gasteiger partial charge in [0.2, 0.25) is 0 Å². The zero-order chi connectivity index (χ0) is 21.3. The van der Waals surface area contributed by atoms with Crippen LogP contribution in [0.4, 0.5) is 20.6 Å². The minimum atomic E-state index is -0.720. The number of amides is 2. The summed E-state index contributed by atoms with van der Waals surface area (Å²) in [4.78, 5) is 25.0. The van der Waals surface area contributed by atoms with Gasteiger partial charge in [0.15, 0.2) is 0 Å². The molecule has 0 saturated carbocycles. The maximum absolute atomic E-state index is 13.8. The van der Waals surface area contributed by atoms with E-state index in [1.165, 1.54) is 12.1 Å². The summed E-state index contributed by atoms with van der Waals surface area (Å²) in [5.74, 6) is -1.11. The molecule has 0 fully saturated rings. The van der Waals surface area contributed by atoms with Crippen molar-refractivity contribution in [1.82, 2.24) is 4.57 Å². The second-order valence-electron chi connectivity index (χ2n) is 7.51. The van der Waals surface area contributed by atoms with Gasteiger partial charge in [-0.3, -0.25) is 10.1 Å². The number of nitrogens with zero attached hydrogens (tertiary/aromatic N) is 1. The Labute approximate surface area is 172 Å². The third-order valence-corrected chi connectivity index (χ3v) is 4.51. The molecule has 29 heavy (non-hydrogen) atoms. The third-order valence-electron chi connectivity index (χ3n) is 4.13. The molecule has 0 atom stereocenters. The normalized spacial score (nSPS) is 11.4. The minimum Gasteiger partial charge on any atom is -0.444 e. The van der Waals surface area contributed by atoms with Crippen LogP contribution in [-0.2, 0) is 11.8 Å². The van der Waals surface area contributed by atoms with Crippen molar-refractivity contribution in [2.75, 3.05) is 10.6 Å². The highest BCUT2D eigenvalue weighted by Gasteiger charge is 2.22. The van der Waals surface area contributed by atoms with E-state index in [-0.39, 0.29) is 17.1 Å². The van der Waals surface area contributed by atoms with Crippen molar-refractivity contribution in [3.8, 4) is 0 Å². The fourth-order valence-corrected chi connectivity index (χ4v) is 3.30. The third kappa shape index (κ3) is 4.51. The van der Waals surface area contributed by atoms with Crippen LogP contribution in [0.1, 0.15) is 31.3 Å². The zero-order valence-electron chi connectivity index (χ0n) is 16.5. The maximum atomic E-state index is 13.8. The van der Waals surface area contributed by atoms with Crippen LogP contribution in [0.5, 0.6) is 0 Å². The molecular formula is C21H21ClFN3O3. The van der Waals surface area contributed by atoms with Crippen LogP contribution in [0, 0.1) is 5.82 Å². The van der Waals surface area contributed by atoms with Gasteiger partial charge in [-0.15, -0.1) is 0 Å². The lowest BCUT2D eigenvalue weighted by atomic mass is 10.2. The van der Waals surface area contributed by atoms with Crippen LogP contribution in [0.2, 0.25) is 5.02 Å². The molecule has 0 radical (unpaired) electrons. The number of hydrogen-bond acceptors (Lipinski definition) is 3. The van der Waals surface area contributed by atoms with Gasteiger partial charge in [-0.1, -0.05) is 29.8 Å². The monoisotopic (exact) mass is 417 g/mol. The molecule has 6 nitrogen and oxygen atoms in total. The summed E-state index contributed by atoms with van der Waals surface area (Å²) in [5, 5.41) is 6.17. The van der Waals surface area contributed by atoms with Gasteiger partial charge in [0.05, 0.1) is 16.4 Å². The number of halogens is 2. The van der Waals surface area contributed by atoms with Gasteiger partial charge in [0.1, 0.15) is 17.1 Å². The lowest BCUT2D eigenvalue weighted by Gasteiger charge is -2.20. The predicted octanol–water partition coefficient (Wildman–Crippen LogP) is 5.57. The Kier molecular flexibility index (Phi) is 5.53. The molecule has 0 saturated heterocycles. The van der Waals surface area contributed by atoms with Crippen LogP contribution in [0.3, 0.4) is 0 Å². The highest BCUT2D eigenvalue weighted by molar-refractivity contribution is 6.39. The Bertz CT molecular complexity index is 1060. The first-order valence-corrected chi connectivity index (χ1v) is 9.28. The molecule has 0 unspecified atom stereocenters. The molecule has 0 bridgehead atoms. The van der Waals surface area contributed by atoms with Gasteiger partial charge in [0.25, 0.3) is 5.91 Å². The van der Waals surface area contributed by atoms with Crippen LogP contribution < -0.4 is 10.6 Å². The SMILES string of the molecule is Cn1c(C(=O)Nc2cc(F)ccc2NC(=O)OC(C)(C)C)c(Cl)c2ccccc21. The largest absolute Gasteiger partial charge is 0.444 e. The topological polar surface area (TPSA) is 72.4 Å². The van der Waals surface area contributed by atoms with Crippen LogP contribution in [0.15, 0.2) is 42.5 Å². The molecular weight excluding hydrogens is 397 g/mol. The van der Waals surface area contributed by atoms with Gasteiger partial charge in [-0.2, -0.15) is 0 Å². The average molecular weight is 418 g/mol. The number of para-hydroxylation sites is 1. The zero-order valence-corrected chi connectivity index (χ0v) is 17.2. The van der Waals surface area contributed by atoms with Crippen LogP contribution >= 0.6 is 11.6 Å². The standard InChI is InChI=1S/C21H21ClFN3O3/c1-21(2,3)29-20(28)25-14-10-9-12(23)11-15(14)24-19(27)18-17(22)13-7-5-6-8-16(13)26(18)4/h5-11H,1-4H3,(H,24,27)(H,25,28). The number of aryl methyl sites for hydroxylation is 1. The highest BCUT2D eigenvalue weighted by atomic mass is 35.5. The number of aromatic nitrogens is 1. The molecule has 0 aliphatic heterocycles. The average Bonchev–Trinajstić information content (AvgIpc) is 2.87. The number of rotatable bonds is 3.